The molecule has 0 radical (unpaired) electrons. The van der Waals surface area contributed by atoms with Gasteiger partial charge in [0.2, 0.25) is 0 Å². The van der Waals surface area contributed by atoms with Gasteiger partial charge in [-0.15, -0.1) is 0 Å². The molecule has 0 saturated carbocycles. The van der Waals surface area contributed by atoms with Gasteiger partial charge in [-0.05, 0) is 74.2 Å². The number of halogens is 1. The monoisotopic (exact) mass is 517 g/mol. The van der Waals surface area contributed by atoms with Crippen LogP contribution in [0.5, 0.6) is 11.5 Å². The molecule has 38 heavy (non-hydrogen) atoms. The van der Waals surface area contributed by atoms with Gasteiger partial charge in [-0.3, -0.25) is 9.59 Å². The van der Waals surface area contributed by atoms with Gasteiger partial charge >= 0.3 is 0 Å². The molecule has 1 atom stereocenters. The molecule has 3 aromatic rings. The zero-order valence-electron chi connectivity index (χ0n) is 21.8. The van der Waals surface area contributed by atoms with E-state index in [0.717, 1.165) is 12.0 Å². The second-order valence-electron chi connectivity index (χ2n) is 9.48. The van der Waals surface area contributed by atoms with E-state index < -0.39 is 17.7 Å². The van der Waals surface area contributed by atoms with Crippen molar-refractivity contribution in [3.8, 4) is 11.5 Å². The van der Waals surface area contributed by atoms with E-state index in [-0.39, 0.29) is 29.8 Å². The maximum absolute atomic E-state index is 13.4. The number of amides is 1. The molecule has 1 saturated heterocycles. The standard InChI is InChI=1S/C31H32FNO5/c1-4-17-37-25-9-6-8-23(19-25)29(34)27-28(22-7-5-10-26(18-22)38-20(2)3)33(31(36)30(27)35)16-15-21-11-13-24(32)14-12-21/h5-14,18-20,28,34H,4,15-17H2,1-3H3/b29-27-. The molecule has 1 amide bonds. The average molecular weight is 518 g/mol. The number of hydrogen-bond donors (Lipinski definition) is 1. The van der Waals surface area contributed by atoms with Crippen molar-refractivity contribution in [1.82, 2.24) is 4.90 Å². The van der Waals surface area contributed by atoms with E-state index in [9.17, 15) is 19.1 Å². The van der Waals surface area contributed by atoms with Gasteiger partial charge in [0.05, 0.1) is 24.3 Å². The summed E-state index contributed by atoms with van der Waals surface area (Å²) in [5.74, 6) is -0.924. The second kappa shape index (κ2) is 11.9. The summed E-state index contributed by atoms with van der Waals surface area (Å²) in [6.07, 6.45) is 1.16. The quantitative estimate of drug-likeness (QED) is 0.201. The number of rotatable bonds is 10. The molecule has 7 heteroatoms. The Hall–Kier alpha value is -4.13. The van der Waals surface area contributed by atoms with Crippen LogP contribution in [0.1, 0.15) is 49.9 Å². The minimum absolute atomic E-state index is 0.00319. The van der Waals surface area contributed by atoms with Crippen LogP contribution in [-0.2, 0) is 16.0 Å². The SMILES string of the molecule is CCCOc1cccc(/C(O)=C2/C(=O)C(=O)N(CCc3ccc(F)cc3)C2c2cccc(OC(C)C)c2)c1. The highest BCUT2D eigenvalue weighted by molar-refractivity contribution is 6.46. The Bertz CT molecular complexity index is 1330. The molecule has 6 nitrogen and oxygen atoms in total. The molecule has 0 aliphatic carbocycles. The van der Waals surface area contributed by atoms with Crippen molar-refractivity contribution >= 4 is 17.4 Å². The third-order valence-corrected chi connectivity index (χ3v) is 6.22. The zero-order valence-corrected chi connectivity index (χ0v) is 21.8. The van der Waals surface area contributed by atoms with Crippen molar-refractivity contribution < 1.29 is 28.6 Å². The van der Waals surface area contributed by atoms with E-state index in [1.54, 1.807) is 48.5 Å². The largest absolute Gasteiger partial charge is 0.507 e. The summed E-state index contributed by atoms with van der Waals surface area (Å²) in [6, 6.07) is 19.2. The van der Waals surface area contributed by atoms with Gasteiger partial charge in [0, 0.05) is 12.1 Å². The lowest BCUT2D eigenvalue weighted by molar-refractivity contribution is -0.139. The van der Waals surface area contributed by atoms with Gasteiger partial charge in [-0.25, -0.2) is 4.39 Å². The van der Waals surface area contributed by atoms with E-state index in [0.29, 0.717) is 35.7 Å². The third-order valence-electron chi connectivity index (χ3n) is 6.22. The number of Topliss-reactive ketones (excluding diaryl/α,β-unsaturated/α-hetero) is 1. The lowest BCUT2D eigenvalue weighted by Crippen LogP contribution is -2.31. The number of carbonyl (C=O) groups excluding carboxylic acids is 2. The second-order valence-corrected chi connectivity index (χ2v) is 9.48. The highest BCUT2D eigenvalue weighted by Gasteiger charge is 2.46. The number of hydrogen-bond acceptors (Lipinski definition) is 5. The number of nitrogens with zero attached hydrogens (tertiary/aromatic N) is 1. The molecular formula is C31H32FNO5. The summed E-state index contributed by atoms with van der Waals surface area (Å²) < 4.78 is 24.9. The third kappa shape index (κ3) is 6.05. The summed E-state index contributed by atoms with van der Waals surface area (Å²) in [5.41, 5.74) is 1.85. The fourth-order valence-corrected chi connectivity index (χ4v) is 4.50. The van der Waals surface area contributed by atoms with Crippen LogP contribution in [-0.4, -0.2) is 41.0 Å². The van der Waals surface area contributed by atoms with E-state index in [1.807, 2.05) is 32.9 Å². The summed E-state index contributed by atoms with van der Waals surface area (Å²) >= 11 is 0. The predicted octanol–water partition coefficient (Wildman–Crippen LogP) is 6.07. The fourth-order valence-electron chi connectivity index (χ4n) is 4.50. The summed E-state index contributed by atoms with van der Waals surface area (Å²) in [4.78, 5) is 28.1. The Balaban J connectivity index is 1.77. The van der Waals surface area contributed by atoms with Crippen molar-refractivity contribution in [3.05, 3.63) is 101 Å². The molecule has 1 aliphatic rings. The highest BCUT2D eigenvalue weighted by atomic mass is 19.1. The van der Waals surface area contributed by atoms with Crippen LogP contribution in [0.3, 0.4) is 0 Å². The van der Waals surface area contributed by atoms with Gasteiger partial charge < -0.3 is 19.5 Å². The molecule has 1 fully saturated rings. The molecule has 1 unspecified atom stereocenters. The normalized spacial score (nSPS) is 16.8. The Labute approximate surface area is 222 Å². The number of benzene rings is 3. The molecule has 1 N–H and O–H groups in total. The molecule has 1 heterocycles. The van der Waals surface area contributed by atoms with Crippen LogP contribution in [0.25, 0.3) is 5.76 Å². The number of likely N-dealkylation sites (tertiary alicyclic amines) is 1. The summed E-state index contributed by atoms with van der Waals surface area (Å²) in [6.45, 7) is 6.53. The first-order chi connectivity index (χ1) is 18.3. The number of ketones is 1. The van der Waals surface area contributed by atoms with Gasteiger partial charge in [-0.1, -0.05) is 43.3 Å². The van der Waals surface area contributed by atoms with Crippen LogP contribution in [0.2, 0.25) is 0 Å². The molecule has 4 rings (SSSR count). The van der Waals surface area contributed by atoms with Crippen LogP contribution < -0.4 is 9.47 Å². The zero-order chi connectivity index (χ0) is 27.2. The molecular weight excluding hydrogens is 485 g/mol. The molecule has 0 bridgehead atoms. The van der Waals surface area contributed by atoms with Crippen molar-refractivity contribution in [3.63, 3.8) is 0 Å². The molecule has 198 valence electrons. The number of aliphatic hydroxyl groups is 1. The van der Waals surface area contributed by atoms with Crippen molar-refractivity contribution in [2.24, 2.45) is 0 Å². The van der Waals surface area contributed by atoms with Crippen molar-refractivity contribution in [2.45, 2.75) is 45.8 Å². The van der Waals surface area contributed by atoms with Gasteiger partial charge in [0.15, 0.2) is 0 Å². The van der Waals surface area contributed by atoms with Gasteiger partial charge in [0.25, 0.3) is 11.7 Å². The van der Waals surface area contributed by atoms with Crippen LogP contribution in [0.15, 0.2) is 78.4 Å². The van der Waals surface area contributed by atoms with Gasteiger partial charge in [-0.2, -0.15) is 0 Å². The maximum atomic E-state index is 13.4. The first-order valence-corrected chi connectivity index (χ1v) is 12.8. The maximum Gasteiger partial charge on any atom is 0.295 e. The van der Waals surface area contributed by atoms with Gasteiger partial charge in [0.1, 0.15) is 23.1 Å². The minimum atomic E-state index is -0.827. The van der Waals surface area contributed by atoms with Crippen molar-refractivity contribution in [2.75, 3.05) is 13.2 Å². The summed E-state index contributed by atoms with van der Waals surface area (Å²) in [7, 11) is 0. The smallest absolute Gasteiger partial charge is 0.295 e. The number of carbonyl (C=O) groups is 2. The molecule has 1 aliphatic heterocycles. The highest BCUT2D eigenvalue weighted by Crippen LogP contribution is 2.40. The van der Waals surface area contributed by atoms with Crippen LogP contribution in [0, 0.1) is 5.82 Å². The molecule has 0 aromatic heterocycles. The fraction of sp³-hybridized carbons (Fsp3) is 0.290. The first kappa shape index (κ1) is 26.9. The van der Waals surface area contributed by atoms with E-state index >= 15 is 0 Å². The van der Waals surface area contributed by atoms with Crippen LogP contribution in [0.4, 0.5) is 4.39 Å². The van der Waals surface area contributed by atoms with Crippen LogP contribution >= 0.6 is 0 Å². The molecule has 3 aromatic carbocycles. The van der Waals surface area contributed by atoms with E-state index in [1.165, 1.54) is 17.0 Å². The summed E-state index contributed by atoms with van der Waals surface area (Å²) in [5, 5.41) is 11.4. The Kier molecular flexibility index (Phi) is 8.46. The minimum Gasteiger partial charge on any atom is -0.507 e. The van der Waals surface area contributed by atoms with E-state index in [2.05, 4.69) is 0 Å². The Morgan fingerprint density at radius 1 is 1.00 bits per heavy atom. The predicted molar refractivity (Wildman–Crippen MR) is 144 cm³/mol. The number of ether oxygens (including phenoxy) is 2. The Morgan fingerprint density at radius 3 is 2.42 bits per heavy atom. The number of aliphatic hydroxyl groups excluding tert-OH is 1. The lowest BCUT2D eigenvalue weighted by Gasteiger charge is -2.26. The first-order valence-electron chi connectivity index (χ1n) is 12.8. The lowest BCUT2D eigenvalue weighted by atomic mass is 9.95. The molecule has 0 spiro atoms. The Morgan fingerprint density at radius 2 is 1.71 bits per heavy atom. The van der Waals surface area contributed by atoms with E-state index in [4.69, 9.17) is 9.47 Å². The van der Waals surface area contributed by atoms with Crippen molar-refractivity contribution in [1.29, 1.82) is 0 Å². The average Bonchev–Trinajstić information content (AvgIpc) is 3.16. The topological polar surface area (TPSA) is 76.1 Å².